The second-order valence-electron chi connectivity index (χ2n) is 4.84. The van der Waals surface area contributed by atoms with Crippen LogP contribution >= 0.6 is 11.6 Å². The van der Waals surface area contributed by atoms with Crippen molar-refractivity contribution >= 4 is 17.6 Å². The van der Waals surface area contributed by atoms with Gasteiger partial charge in [0.15, 0.2) is 0 Å². The quantitative estimate of drug-likeness (QED) is 0.940. The fourth-order valence-electron chi connectivity index (χ4n) is 2.26. The Bertz CT molecular complexity index is 666. The Morgan fingerprint density at radius 3 is 2.76 bits per heavy atom. The number of halogens is 1. The highest BCUT2D eigenvalue weighted by molar-refractivity contribution is 6.30. The van der Waals surface area contributed by atoms with E-state index in [4.69, 9.17) is 26.2 Å². The van der Waals surface area contributed by atoms with E-state index >= 15 is 0 Å². The molecule has 0 aromatic heterocycles. The van der Waals surface area contributed by atoms with Gasteiger partial charge in [-0.25, -0.2) is 4.79 Å². The van der Waals surface area contributed by atoms with Gasteiger partial charge >= 0.3 is 5.97 Å². The van der Waals surface area contributed by atoms with Crippen LogP contribution in [-0.2, 0) is 6.42 Å². The fourth-order valence-corrected chi connectivity index (χ4v) is 2.46. The standard InChI is InChI=1S/C16H13ClO4/c17-12-3-6-15-11(7-12)8-14(21-15)9-20-13-4-1-10(2-5-13)16(18)19/h1-7,14H,8-9H2,(H,18,19). The molecule has 0 fully saturated rings. The normalized spacial score (nSPS) is 16.1. The summed E-state index contributed by atoms with van der Waals surface area (Å²) >= 11 is 5.95. The first-order valence-corrected chi connectivity index (χ1v) is 6.91. The van der Waals surface area contributed by atoms with Gasteiger partial charge in [-0.3, -0.25) is 0 Å². The highest BCUT2D eigenvalue weighted by atomic mass is 35.5. The highest BCUT2D eigenvalue weighted by Gasteiger charge is 2.23. The monoisotopic (exact) mass is 304 g/mol. The minimum atomic E-state index is -0.951. The molecule has 0 saturated carbocycles. The Balaban J connectivity index is 1.58. The summed E-state index contributed by atoms with van der Waals surface area (Å²) in [7, 11) is 0. The molecular weight excluding hydrogens is 292 g/mol. The summed E-state index contributed by atoms with van der Waals surface area (Å²) in [5.74, 6) is 0.514. The summed E-state index contributed by atoms with van der Waals surface area (Å²) in [6, 6.07) is 11.9. The zero-order valence-electron chi connectivity index (χ0n) is 11.1. The number of ether oxygens (including phenoxy) is 2. The largest absolute Gasteiger partial charge is 0.490 e. The van der Waals surface area contributed by atoms with Crippen molar-refractivity contribution in [1.82, 2.24) is 0 Å². The molecule has 21 heavy (non-hydrogen) atoms. The summed E-state index contributed by atoms with van der Waals surface area (Å²) in [4.78, 5) is 10.8. The maximum absolute atomic E-state index is 10.8. The molecule has 1 heterocycles. The van der Waals surface area contributed by atoms with Crippen LogP contribution in [0, 0.1) is 0 Å². The zero-order valence-corrected chi connectivity index (χ0v) is 11.8. The molecule has 1 unspecified atom stereocenters. The second kappa shape index (κ2) is 5.66. The molecule has 0 saturated heterocycles. The molecule has 3 rings (SSSR count). The third-order valence-electron chi connectivity index (χ3n) is 3.30. The van der Waals surface area contributed by atoms with Crippen LogP contribution in [0.25, 0.3) is 0 Å². The lowest BCUT2D eigenvalue weighted by Crippen LogP contribution is -2.22. The van der Waals surface area contributed by atoms with Crippen molar-refractivity contribution in [2.75, 3.05) is 6.61 Å². The summed E-state index contributed by atoms with van der Waals surface area (Å²) in [6.45, 7) is 0.402. The van der Waals surface area contributed by atoms with Crippen LogP contribution in [0.3, 0.4) is 0 Å². The number of hydrogen-bond donors (Lipinski definition) is 1. The number of aromatic carboxylic acids is 1. The smallest absolute Gasteiger partial charge is 0.335 e. The molecule has 0 aliphatic carbocycles. The predicted octanol–water partition coefficient (Wildman–Crippen LogP) is 3.42. The molecule has 0 amide bonds. The van der Waals surface area contributed by atoms with Gasteiger partial charge in [0.05, 0.1) is 5.56 Å². The number of benzene rings is 2. The van der Waals surface area contributed by atoms with Crippen molar-refractivity contribution in [1.29, 1.82) is 0 Å². The second-order valence-corrected chi connectivity index (χ2v) is 5.27. The van der Waals surface area contributed by atoms with E-state index in [0.717, 1.165) is 17.7 Å². The molecule has 2 aromatic rings. The molecule has 0 bridgehead atoms. The Morgan fingerprint density at radius 1 is 1.29 bits per heavy atom. The van der Waals surface area contributed by atoms with E-state index in [1.807, 2.05) is 12.1 Å². The highest BCUT2D eigenvalue weighted by Crippen LogP contribution is 2.31. The van der Waals surface area contributed by atoms with Crippen molar-refractivity contribution in [3.63, 3.8) is 0 Å². The van der Waals surface area contributed by atoms with Gasteiger partial charge in [0.1, 0.15) is 24.2 Å². The van der Waals surface area contributed by atoms with Gasteiger partial charge in [0, 0.05) is 11.4 Å². The molecule has 0 radical (unpaired) electrons. The van der Waals surface area contributed by atoms with Gasteiger partial charge < -0.3 is 14.6 Å². The third kappa shape index (κ3) is 3.11. The van der Waals surface area contributed by atoms with Gasteiger partial charge in [-0.05, 0) is 48.0 Å². The fraction of sp³-hybridized carbons (Fsp3) is 0.188. The van der Waals surface area contributed by atoms with Gasteiger partial charge in [-0.1, -0.05) is 11.6 Å². The van der Waals surface area contributed by atoms with E-state index in [1.54, 1.807) is 18.2 Å². The summed E-state index contributed by atoms with van der Waals surface area (Å²) in [5.41, 5.74) is 1.32. The van der Waals surface area contributed by atoms with Crippen LogP contribution < -0.4 is 9.47 Å². The van der Waals surface area contributed by atoms with Gasteiger partial charge in [0.2, 0.25) is 0 Å². The van der Waals surface area contributed by atoms with Crippen molar-refractivity contribution in [2.45, 2.75) is 12.5 Å². The van der Waals surface area contributed by atoms with Crippen LogP contribution in [0.1, 0.15) is 15.9 Å². The van der Waals surface area contributed by atoms with E-state index in [-0.39, 0.29) is 11.7 Å². The average molecular weight is 305 g/mol. The van der Waals surface area contributed by atoms with E-state index in [1.165, 1.54) is 12.1 Å². The SMILES string of the molecule is O=C(O)c1ccc(OCC2Cc3cc(Cl)ccc3O2)cc1. The van der Waals surface area contributed by atoms with Crippen LogP contribution in [0.4, 0.5) is 0 Å². The number of hydrogen-bond acceptors (Lipinski definition) is 3. The summed E-state index contributed by atoms with van der Waals surface area (Å²) < 4.78 is 11.4. The van der Waals surface area contributed by atoms with Crippen molar-refractivity contribution in [3.8, 4) is 11.5 Å². The third-order valence-corrected chi connectivity index (χ3v) is 3.54. The van der Waals surface area contributed by atoms with Gasteiger partial charge in [-0.2, -0.15) is 0 Å². The first-order chi connectivity index (χ1) is 10.1. The topological polar surface area (TPSA) is 55.8 Å². The van der Waals surface area contributed by atoms with Gasteiger partial charge in [0.25, 0.3) is 0 Å². The van der Waals surface area contributed by atoms with E-state index in [0.29, 0.717) is 17.4 Å². The van der Waals surface area contributed by atoms with Gasteiger partial charge in [-0.15, -0.1) is 0 Å². The molecule has 1 aliphatic heterocycles. The zero-order chi connectivity index (χ0) is 14.8. The molecule has 0 spiro atoms. The molecule has 4 nitrogen and oxygen atoms in total. The lowest BCUT2D eigenvalue weighted by molar-refractivity contribution is 0.0696. The minimum absolute atomic E-state index is 0.0578. The maximum atomic E-state index is 10.8. The van der Waals surface area contributed by atoms with E-state index in [2.05, 4.69) is 0 Å². The lowest BCUT2D eigenvalue weighted by atomic mass is 10.1. The Kier molecular flexibility index (Phi) is 3.71. The number of fused-ring (bicyclic) bond motifs is 1. The Labute approximate surface area is 126 Å². The number of carboxylic acid groups (broad SMARTS) is 1. The average Bonchev–Trinajstić information content (AvgIpc) is 2.87. The molecule has 108 valence electrons. The predicted molar refractivity (Wildman–Crippen MR) is 78.5 cm³/mol. The summed E-state index contributed by atoms with van der Waals surface area (Å²) in [6.07, 6.45) is 0.695. The molecule has 1 N–H and O–H groups in total. The Hall–Kier alpha value is -2.20. The molecule has 2 aromatic carbocycles. The molecular formula is C16H13ClO4. The lowest BCUT2D eigenvalue weighted by Gasteiger charge is -2.12. The van der Waals surface area contributed by atoms with Crippen LogP contribution in [0.5, 0.6) is 11.5 Å². The van der Waals surface area contributed by atoms with Crippen LogP contribution in [-0.4, -0.2) is 23.8 Å². The van der Waals surface area contributed by atoms with Crippen LogP contribution in [0.2, 0.25) is 5.02 Å². The first kappa shape index (κ1) is 13.8. The minimum Gasteiger partial charge on any atom is -0.490 e. The van der Waals surface area contributed by atoms with E-state index in [9.17, 15) is 4.79 Å². The first-order valence-electron chi connectivity index (χ1n) is 6.53. The van der Waals surface area contributed by atoms with Crippen molar-refractivity contribution < 1.29 is 19.4 Å². The molecule has 5 heteroatoms. The molecule has 1 aliphatic rings. The van der Waals surface area contributed by atoms with E-state index < -0.39 is 5.97 Å². The summed E-state index contributed by atoms with van der Waals surface area (Å²) in [5, 5.41) is 9.53. The number of rotatable bonds is 4. The molecule has 1 atom stereocenters. The van der Waals surface area contributed by atoms with Crippen molar-refractivity contribution in [3.05, 3.63) is 58.6 Å². The maximum Gasteiger partial charge on any atom is 0.335 e. The Morgan fingerprint density at radius 2 is 2.05 bits per heavy atom. The number of carbonyl (C=O) groups is 1. The number of carboxylic acids is 1. The van der Waals surface area contributed by atoms with Crippen molar-refractivity contribution in [2.24, 2.45) is 0 Å². The van der Waals surface area contributed by atoms with Crippen LogP contribution in [0.15, 0.2) is 42.5 Å².